The van der Waals surface area contributed by atoms with Crippen LogP contribution in [0.1, 0.15) is 59.3 Å². The minimum atomic E-state index is -0.278. The van der Waals surface area contributed by atoms with Gasteiger partial charge in [-0.2, -0.15) is 0 Å². The Kier molecular flexibility index (Phi) is 9.36. The van der Waals surface area contributed by atoms with E-state index in [-0.39, 0.29) is 11.3 Å². The lowest BCUT2D eigenvalue weighted by Gasteiger charge is -2.42. The second-order valence-corrected chi connectivity index (χ2v) is 11.5. The average molecular weight is 539 g/mol. The minimum absolute atomic E-state index is 0.119. The van der Waals surface area contributed by atoms with Crippen LogP contribution in [0.2, 0.25) is 0 Å². The lowest BCUT2D eigenvalue weighted by atomic mass is 9.70. The fraction of sp³-hybridized carbons (Fsp3) is 0.400. The fourth-order valence-corrected chi connectivity index (χ4v) is 6.20. The number of piperazine rings is 1. The molecular formula is C35H46N4O. The van der Waals surface area contributed by atoms with Crippen LogP contribution in [0.15, 0.2) is 90.8 Å². The van der Waals surface area contributed by atoms with Crippen LogP contribution >= 0.6 is 0 Å². The van der Waals surface area contributed by atoms with E-state index in [1.807, 2.05) is 17.9 Å². The van der Waals surface area contributed by atoms with Gasteiger partial charge in [-0.15, -0.1) is 0 Å². The first-order valence-electron chi connectivity index (χ1n) is 14.5. The molecule has 0 saturated carbocycles. The van der Waals surface area contributed by atoms with Crippen molar-refractivity contribution in [1.29, 1.82) is 0 Å². The molecule has 2 heterocycles. The van der Waals surface area contributed by atoms with Crippen molar-refractivity contribution in [2.75, 3.05) is 39.3 Å². The minimum Gasteiger partial charge on any atom is -0.402 e. The van der Waals surface area contributed by atoms with Crippen LogP contribution < -0.4 is 5.73 Å². The van der Waals surface area contributed by atoms with Gasteiger partial charge >= 0.3 is 0 Å². The molecule has 1 amide bonds. The first kappa shape index (κ1) is 29.4. The average Bonchev–Trinajstić information content (AvgIpc) is 2.95. The first-order chi connectivity index (χ1) is 19.2. The summed E-state index contributed by atoms with van der Waals surface area (Å²) in [5.74, 6) is 0.119. The zero-order valence-corrected chi connectivity index (χ0v) is 24.9. The van der Waals surface area contributed by atoms with Crippen molar-refractivity contribution in [3.05, 3.63) is 119 Å². The largest absolute Gasteiger partial charge is 0.402 e. The van der Waals surface area contributed by atoms with Crippen molar-refractivity contribution in [2.45, 2.75) is 52.5 Å². The number of aryl methyl sites for hydroxylation is 2. The Balaban J connectivity index is 1.44. The van der Waals surface area contributed by atoms with Gasteiger partial charge in [0.2, 0.25) is 0 Å². The molecule has 212 valence electrons. The standard InChI is InChI=1S/C35H46N4O/c1-7-8-14-33(26(2)3)38-21-19-37(20-22-38)25-30-24-32(28(5)23-27(30)4)34(40)39-17-15-35(16-18-39,29(6)36)31-12-10-9-11-13-31/h7-14,23-24H,2,6,15-22,25,36H2,1,3-5H3/b8-7-,33-14+. The topological polar surface area (TPSA) is 52.8 Å². The number of carbonyl (C=O) groups excluding carboxylic acids is 1. The number of nitrogens with two attached hydrogens (primary N) is 1. The molecule has 0 aromatic heterocycles. The number of carbonyl (C=O) groups is 1. The Morgan fingerprint density at radius 3 is 2.17 bits per heavy atom. The van der Waals surface area contributed by atoms with Crippen molar-refractivity contribution < 1.29 is 4.79 Å². The van der Waals surface area contributed by atoms with Gasteiger partial charge in [0.25, 0.3) is 5.91 Å². The Morgan fingerprint density at radius 1 is 0.950 bits per heavy atom. The maximum atomic E-state index is 13.8. The van der Waals surface area contributed by atoms with E-state index >= 15 is 0 Å². The van der Waals surface area contributed by atoms with Gasteiger partial charge in [-0.3, -0.25) is 9.69 Å². The van der Waals surface area contributed by atoms with Gasteiger partial charge in [0.15, 0.2) is 0 Å². The summed E-state index contributed by atoms with van der Waals surface area (Å²) in [6, 6.07) is 14.7. The molecule has 2 aliphatic rings. The van der Waals surface area contributed by atoms with Crippen LogP contribution in [0.25, 0.3) is 0 Å². The van der Waals surface area contributed by atoms with Crippen LogP contribution in [0, 0.1) is 13.8 Å². The number of hydrogen-bond acceptors (Lipinski definition) is 4. The highest BCUT2D eigenvalue weighted by Crippen LogP contribution is 2.39. The second kappa shape index (κ2) is 12.7. The number of amides is 1. The van der Waals surface area contributed by atoms with Crippen LogP contribution in [-0.4, -0.2) is 59.9 Å². The molecule has 5 nitrogen and oxygen atoms in total. The number of hydrogen-bond donors (Lipinski definition) is 1. The summed E-state index contributed by atoms with van der Waals surface area (Å²) in [5.41, 5.74) is 14.6. The monoisotopic (exact) mass is 538 g/mol. The van der Waals surface area contributed by atoms with Crippen molar-refractivity contribution >= 4 is 5.91 Å². The molecule has 0 spiro atoms. The van der Waals surface area contributed by atoms with Crippen molar-refractivity contribution in [1.82, 2.24) is 14.7 Å². The number of benzene rings is 2. The molecule has 0 bridgehead atoms. The second-order valence-electron chi connectivity index (χ2n) is 11.5. The molecule has 4 rings (SSSR count). The summed E-state index contributed by atoms with van der Waals surface area (Å²) < 4.78 is 0. The van der Waals surface area contributed by atoms with Crippen LogP contribution in [0.4, 0.5) is 0 Å². The summed E-state index contributed by atoms with van der Waals surface area (Å²) in [5, 5.41) is 0. The van der Waals surface area contributed by atoms with Crippen molar-refractivity contribution in [3.63, 3.8) is 0 Å². The Labute approximate surface area is 241 Å². The van der Waals surface area contributed by atoms with E-state index in [0.717, 1.165) is 62.3 Å². The van der Waals surface area contributed by atoms with Crippen LogP contribution in [-0.2, 0) is 12.0 Å². The maximum Gasteiger partial charge on any atom is 0.254 e. The molecule has 0 radical (unpaired) electrons. The number of rotatable bonds is 8. The predicted octanol–water partition coefficient (Wildman–Crippen LogP) is 6.10. The zero-order chi connectivity index (χ0) is 28.9. The van der Waals surface area contributed by atoms with E-state index in [2.05, 4.69) is 98.4 Å². The Bertz CT molecular complexity index is 1290. The highest BCUT2D eigenvalue weighted by atomic mass is 16.2. The molecule has 2 aliphatic heterocycles. The third-order valence-electron chi connectivity index (χ3n) is 8.75. The fourth-order valence-electron chi connectivity index (χ4n) is 6.20. The summed E-state index contributed by atoms with van der Waals surface area (Å²) in [7, 11) is 0. The van der Waals surface area contributed by atoms with Crippen molar-refractivity contribution in [2.24, 2.45) is 5.73 Å². The van der Waals surface area contributed by atoms with Crippen molar-refractivity contribution in [3.8, 4) is 0 Å². The summed E-state index contributed by atoms with van der Waals surface area (Å²) in [6.07, 6.45) is 7.87. The molecule has 5 heteroatoms. The van der Waals surface area contributed by atoms with E-state index in [1.54, 1.807) is 0 Å². The number of likely N-dealkylation sites (tertiary alicyclic amines) is 1. The number of allylic oxidation sites excluding steroid dienone is 5. The number of nitrogens with zero attached hydrogens (tertiary/aromatic N) is 3. The van der Waals surface area contributed by atoms with E-state index in [0.29, 0.717) is 18.8 Å². The molecule has 2 saturated heterocycles. The SMILES string of the molecule is C=C(C)/C(=C\C=C/C)N1CCN(Cc2cc(C(=O)N3CCC(C(=C)N)(c4ccccc4)CC3)c(C)cc2C)CC1. The third kappa shape index (κ3) is 6.26. The van der Waals surface area contributed by atoms with Crippen LogP contribution in [0.3, 0.4) is 0 Å². The summed E-state index contributed by atoms with van der Waals surface area (Å²) in [6.45, 7) is 22.7. The Morgan fingerprint density at radius 2 is 1.60 bits per heavy atom. The van der Waals surface area contributed by atoms with Gasteiger partial charge in [0.1, 0.15) is 0 Å². The smallest absolute Gasteiger partial charge is 0.254 e. The van der Waals surface area contributed by atoms with E-state index < -0.39 is 0 Å². The lowest BCUT2D eigenvalue weighted by Crippen LogP contribution is -2.47. The molecule has 0 atom stereocenters. The maximum absolute atomic E-state index is 13.8. The molecule has 0 aliphatic carbocycles. The van der Waals surface area contributed by atoms with Gasteiger partial charge in [-0.25, -0.2) is 0 Å². The highest BCUT2D eigenvalue weighted by Gasteiger charge is 2.39. The summed E-state index contributed by atoms with van der Waals surface area (Å²) in [4.78, 5) is 20.7. The summed E-state index contributed by atoms with van der Waals surface area (Å²) >= 11 is 0. The molecule has 40 heavy (non-hydrogen) atoms. The normalized spacial score (nSPS) is 18.2. The van der Waals surface area contributed by atoms with E-state index in [4.69, 9.17) is 5.73 Å². The quantitative estimate of drug-likeness (QED) is 0.413. The highest BCUT2D eigenvalue weighted by molar-refractivity contribution is 5.96. The molecule has 2 aromatic carbocycles. The van der Waals surface area contributed by atoms with Gasteiger partial charge in [0, 0.05) is 68.2 Å². The Hall–Kier alpha value is -3.57. The molecular weight excluding hydrogens is 492 g/mol. The van der Waals surface area contributed by atoms with Gasteiger partial charge in [0.05, 0.1) is 0 Å². The van der Waals surface area contributed by atoms with E-state index in [9.17, 15) is 4.79 Å². The lowest BCUT2D eigenvalue weighted by molar-refractivity contribution is 0.0682. The molecule has 2 aromatic rings. The molecule has 2 fully saturated rings. The van der Waals surface area contributed by atoms with Gasteiger partial charge in [-0.1, -0.05) is 61.7 Å². The molecule has 0 unspecified atom stereocenters. The van der Waals surface area contributed by atoms with Gasteiger partial charge in [-0.05, 0) is 80.5 Å². The third-order valence-corrected chi connectivity index (χ3v) is 8.75. The zero-order valence-electron chi connectivity index (χ0n) is 24.9. The van der Waals surface area contributed by atoms with E-state index in [1.165, 1.54) is 22.4 Å². The number of piperidine rings is 1. The predicted molar refractivity (Wildman–Crippen MR) is 167 cm³/mol. The molecule has 2 N–H and O–H groups in total. The van der Waals surface area contributed by atoms with Crippen LogP contribution in [0.5, 0.6) is 0 Å². The van der Waals surface area contributed by atoms with Gasteiger partial charge < -0.3 is 15.5 Å². The first-order valence-corrected chi connectivity index (χ1v) is 14.5.